The van der Waals surface area contributed by atoms with Gasteiger partial charge in [-0.25, -0.2) is 13.6 Å². The Labute approximate surface area is 189 Å². The first-order chi connectivity index (χ1) is 15.4. The summed E-state index contributed by atoms with van der Waals surface area (Å²) in [6, 6.07) is 8.25. The number of carbonyl (C=O) groups is 1. The molecule has 0 aliphatic carbocycles. The SMILES string of the molecule is CCOC(=O)c1cn(-c2cccc(CN3CCCCC3)c2)c2c(Cl)c(F)c(F)cc2c1=O. The molecule has 2 aromatic carbocycles. The maximum atomic E-state index is 14.3. The number of esters is 1. The molecular weight excluding hydrogens is 438 g/mol. The van der Waals surface area contributed by atoms with Crippen molar-refractivity contribution >= 4 is 28.5 Å². The summed E-state index contributed by atoms with van der Waals surface area (Å²) in [5.74, 6) is -3.34. The van der Waals surface area contributed by atoms with Crippen molar-refractivity contribution in [2.45, 2.75) is 32.7 Å². The van der Waals surface area contributed by atoms with Crippen molar-refractivity contribution < 1.29 is 18.3 Å². The molecule has 8 heteroatoms. The Balaban J connectivity index is 1.90. The number of rotatable bonds is 5. The lowest BCUT2D eigenvalue weighted by Gasteiger charge is -2.26. The smallest absolute Gasteiger partial charge is 0.343 e. The van der Waals surface area contributed by atoms with Crippen molar-refractivity contribution in [3.8, 4) is 5.69 Å². The van der Waals surface area contributed by atoms with E-state index in [1.54, 1.807) is 13.0 Å². The fourth-order valence-corrected chi connectivity index (χ4v) is 4.41. The number of piperidine rings is 1. The van der Waals surface area contributed by atoms with Gasteiger partial charge < -0.3 is 9.30 Å². The molecule has 0 bridgehead atoms. The second-order valence-corrected chi connectivity index (χ2v) is 8.23. The predicted octanol–water partition coefficient (Wildman–Crippen LogP) is 5.08. The van der Waals surface area contributed by atoms with Crippen molar-refractivity contribution in [2.24, 2.45) is 0 Å². The van der Waals surface area contributed by atoms with Gasteiger partial charge in [-0.3, -0.25) is 9.69 Å². The number of pyridine rings is 1. The topological polar surface area (TPSA) is 51.5 Å². The van der Waals surface area contributed by atoms with Gasteiger partial charge in [0.05, 0.1) is 17.5 Å². The number of hydrogen-bond acceptors (Lipinski definition) is 4. The van der Waals surface area contributed by atoms with E-state index in [0.717, 1.165) is 44.1 Å². The van der Waals surface area contributed by atoms with Crippen LogP contribution in [-0.2, 0) is 11.3 Å². The van der Waals surface area contributed by atoms with Crippen LogP contribution < -0.4 is 5.43 Å². The molecular formula is C24H23ClF2N2O3. The van der Waals surface area contributed by atoms with Crippen LogP contribution in [-0.4, -0.2) is 35.1 Å². The summed E-state index contributed by atoms with van der Waals surface area (Å²) >= 11 is 6.15. The van der Waals surface area contributed by atoms with Crippen LogP contribution in [0.2, 0.25) is 5.02 Å². The molecule has 1 aromatic heterocycles. The summed E-state index contributed by atoms with van der Waals surface area (Å²) in [7, 11) is 0. The van der Waals surface area contributed by atoms with Gasteiger partial charge in [0.15, 0.2) is 11.6 Å². The fourth-order valence-electron chi connectivity index (χ4n) is 4.13. The third kappa shape index (κ3) is 4.27. The molecule has 32 heavy (non-hydrogen) atoms. The molecule has 0 spiro atoms. The van der Waals surface area contributed by atoms with E-state index in [1.807, 2.05) is 18.2 Å². The van der Waals surface area contributed by atoms with Crippen LogP contribution in [0.4, 0.5) is 8.78 Å². The zero-order valence-electron chi connectivity index (χ0n) is 17.7. The molecule has 4 rings (SSSR count). The Morgan fingerprint density at radius 1 is 1.16 bits per heavy atom. The number of carbonyl (C=O) groups excluding carboxylic acids is 1. The predicted molar refractivity (Wildman–Crippen MR) is 120 cm³/mol. The summed E-state index contributed by atoms with van der Waals surface area (Å²) in [5, 5.41) is -0.713. The second kappa shape index (κ2) is 9.38. The Morgan fingerprint density at radius 2 is 1.91 bits per heavy atom. The van der Waals surface area contributed by atoms with E-state index >= 15 is 0 Å². The number of likely N-dealkylation sites (tertiary alicyclic amines) is 1. The summed E-state index contributed by atoms with van der Waals surface area (Å²) < 4.78 is 34.9. The molecule has 1 saturated heterocycles. The quantitative estimate of drug-likeness (QED) is 0.393. The van der Waals surface area contributed by atoms with Crippen molar-refractivity contribution in [3.63, 3.8) is 0 Å². The number of ether oxygens (including phenoxy) is 1. The molecule has 0 radical (unpaired) electrons. The maximum Gasteiger partial charge on any atom is 0.343 e. The zero-order chi connectivity index (χ0) is 22.8. The van der Waals surface area contributed by atoms with Crippen LogP contribution in [0.15, 0.2) is 41.3 Å². The van der Waals surface area contributed by atoms with E-state index in [2.05, 4.69) is 4.90 Å². The first kappa shape index (κ1) is 22.4. The second-order valence-electron chi connectivity index (χ2n) is 7.85. The fraction of sp³-hybridized carbons (Fsp3) is 0.333. The van der Waals surface area contributed by atoms with Crippen LogP contribution in [0, 0.1) is 11.6 Å². The summed E-state index contributed by atoms with van der Waals surface area (Å²) in [6.07, 6.45) is 4.84. The lowest BCUT2D eigenvalue weighted by Crippen LogP contribution is -2.29. The Bertz CT molecular complexity index is 1240. The Hall–Kier alpha value is -2.77. The molecule has 3 aromatic rings. The minimum absolute atomic E-state index is 0.00117. The van der Waals surface area contributed by atoms with E-state index in [9.17, 15) is 18.4 Å². The molecule has 0 atom stereocenters. The van der Waals surface area contributed by atoms with Crippen LogP contribution in [0.25, 0.3) is 16.6 Å². The third-order valence-electron chi connectivity index (χ3n) is 5.66. The minimum Gasteiger partial charge on any atom is -0.462 e. The van der Waals surface area contributed by atoms with Gasteiger partial charge in [0.1, 0.15) is 10.6 Å². The highest BCUT2D eigenvalue weighted by molar-refractivity contribution is 6.35. The van der Waals surface area contributed by atoms with Gasteiger partial charge in [0.2, 0.25) is 5.43 Å². The van der Waals surface area contributed by atoms with Gasteiger partial charge >= 0.3 is 5.97 Å². The highest BCUT2D eigenvalue weighted by Gasteiger charge is 2.23. The normalized spacial score (nSPS) is 14.6. The Kier molecular flexibility index (Phi) is 6.58. The average molecular weight is 461 g/mol. The number of benzene rings is 2. The monoisotopic (exact) mass is 460 g/mol. The number of fused-ring (bicyclic) bond motifs is 1. The first-order valence-electron chi connectivity index (χ1n) is 10.6. The highest BCUT2D eigenvalue weighted by atomic mass is 35.5. The van der Waals surface area contributed by atoms with Crippen LogP contribution in [0.5, 0.6) is 0 Å². The minimum atomic E-state index is -1.26. The van der Waals surface area contributed by atoms with Crippen molar-refractivity contribution in [2.75, 3.05) is 19.7 Å². The molecule has 168 valence electrons. The summed E-state index contributed by atoms with van der Waals surface area (Å²) in [6.45, 7) is 4.48. The van der Waals surface area contributed by atoms with Gasteiger partial charge in [-0.15, -0.1) is 0 Å². The molecule has 0 N–H and O–H groups in total. The molecule has 5 nitrogen and oxygen atoms in total. The average Bonchev–Trinajstić information content (AvgIpc) is 2.79. The highest BCUT2D eigenvalue weighted by Crippen LogP contribution is 2.30. The van der Waals surface area contributed by atoms with Gasteiger partial charge in [-0.1, -0.05) is 30.2 Å². The molecule has 0 unspecified atom stereocenters. The van der Waals surface area contributed by atoms with Gasteiger partial charge in [0.25, 0.3) is 0 Å². The van der Waals surface area contributed by atoms with Crippen LogP contribution >= 0.6 is 11.6 Å². The van der Waals surface area contributed by atoms with Gasteiger partial charge in [0, 0.05) is 18.4 Å². The van der Waals surface area contributed by atoms with Gasteiger partial charge in [-0.05, 0) is 56.6 Å². The van der Waals surface area contributed by atoms with E-state index in [0.29, 0.717) is 5.69 Å². The van der Waals surface area contributed by atoms with Crippen LogP contribution in [0.3, 0.4) is 0 Å². The van der Waals surface area contributed by atoms with E-state index < -0.39 is 28.1 Å². The van der Waals surface area contributed by atoms with E-state index in [1.165, 1.54) is 17.2 Å². The van der Waals surface area contributed by atoms with Crippen LogP contribution in [0.1, 0.15) is 42.1 Å². The van der Waals surface area contributed by atoms with Crippen molar-refractivity contribution in [1.82, 2.24) is 9.47 Å². The standard InChI is InChI=1S/C24H23ClF2N2O3/c1-2-32-24(31)18-14-29(22-17(23(18)30)12-19(26)21(27)20(22)25)16-8-6-7-15(11-16)13-28-9-4-3-5-10-28/h6-8,11-12,14H,2-5,9-10,13H2,1H3. The third-order valence-corrected chi connectivity index (χ3v) is 6.01. The first-order valence-corrected chi connectivity index (χ1v) is 11.0. The molecule has 0 amide bonds. The Morgan fingerprint density at radius 3 is 2.62 bits per heavy atom. The van der Waals surface area contributed by atoms with Crippen molar-refractivity contribution in [1.29, 1.82) is 0 Å². The lowest BCUT2D eigenvalue weighted by atomic mass is 10.1. The molecule has 2 heterocycles. The van der Waals surface area contributed by atoms with Gasteiger partial charge in [-0.2, -0.15) is 0 Å². The molecule has 0 saturated carbocycles. The molecule has 1 fully saturated rings. The molecule has 1 aliphatic heterocycles. The largest absolute Gasteiger partial charge is 0.462 e. The zero-order valence-corrected chi connectivity index (χ0v) is 18.4. The van der Waals surface area contributed by atoms with E-state index in [4.69, 9.17) is 16.3 Å². The number of aromatic nitrogens is 1. The number of hydrogen-bond donors (Lipinski definition) is 0. The van der Waals surface area contributed by atoms with E-state index in [-0.39, 0.29) is 23.1 Å². The molecule has 1 aliphatic rings. The summed E-state index contributed by atoms with van der Waals surface area (Å²) in [5.41, 5.74) is 0.553. The lowest BCUT2D eigenvalue weighted by molar-refractivity contribution is 0.0524. The maximum absolute atomic E-state index is 14.3. The van der Waals surface area contributed by atoms with Crippen molar-refractivity contribution in [3.05, 3.63) is 74.5 Å². The number of halogens is 3. The summed E-state index contributed by atoms with van der Waals surface area (Å²) in [4.78, 5) is 27.7. The number of nitrogens with zero attached hydrogens (tertiary/aromatic N) is 2.